The van der Waals surface area contributed by atoms with Gasteiger partial charge >= 0.3 is 5.97 Å². The van der Waals surface area contributed by atoms with Gasteiger partial charge in [0, 0.05) is 6.92 Å². The molecular formula is C17H18O2. The van der Waals surface area contributed by atoms with Crippen molar-refractivity contribution in [3.8, 4) is 0 Å². The zero-order chi connectivity index (χ0) is 13.7. The molecule has 19 heavy (non-hydrogen) atoms. The van der Waals surface area contributed by atoms with Crippen LogP contribution in [0.1, 0.15) is 36.6 Å². The maximum Gasteiger partial charge on any atom is 0.303 e. The summed E-state index contributed by atoms with van der Waals surface area (Å²) in [5.74, 6) is -0.270. The molecule has 0 aliphatic carbocycles. The standard InChI is InChI=1S/C17H18O2/c1-3-14-9-11-16(12-10-14)17(19-13(2)18)15-7-5-4-6-8-15/h4-12,17H,3H2,1-2H3. The molecule has 2 heteroatoms. The predicted molar refractivity (Wildman–Crippen MR) is 75.9 cm³/mol. The summed E-state index contributed by atoms with van der Waals surface area (Å²) in [6, 6.07) is 18.0. The number of carbonyl (C=O) groups is 1. The lowest BCUT2D eigenvalue weighted by Gasteiger charge is -2.18. The van der Waals surface area contributed by atoms with E-state index in [1.807, 2.05) is 42.5 Å². The average molecular weight is 254 g/mol. The Kier molecular flexibility index (Phi) is 4.35. The van der Waals surface area contributed by atoms with Crippen molar-refractivity contribution in [1.29, 1.82) is 0 Å². The first-order valence-electron chi connectivity index (χ1n) is 6.51. The molecule has 98 valence electrons. The fraction of sp³-hybridized carbons (Fsp3) is 0.235. The SMILES string of the molecule is CCc1ccc(C(OC(C)=O)c2ccccc2)cc1. The maximum absolute atomic E-state index is 11.3. The molecule has 2 aromatic carbocycles. The molecule has 0 aromatic heterocycles. The number of hydrogen-bond acceptors (Lipinski definition) is 2. The van der Waals surface area contributed by atoms with E-state index in [9.17, 15) is 4.79 Å². The van der Waals surface area contributed by atoms with Gasteiger partial charge in [-0.1, -0.05) is 61.5 Å². The molecule has 1 atom stereocenters. The van der Waals surface area contributed by atoms with Gasteiger partial charge in [0.1, 0.15) is 0 Å². The molecule has 0 saturated carbocycles. The predicted octanol–water partition coefficient (Wildman–Crippen LogP) is 3.90. The van der Waals surface area contributed by atoms with Crippen LogP contribution < -0.4 is 0 Å². The molecular weight excluding hydrogens is 236 g/mol. The minimum absolute atomic E-state index is 0.270. The molecule has 0 aliphatic heterocycles. The summed E-state index contributed by atoms with van der Waals surface area (Å²) in [6.07, 6.45) is 0.675. The van der Waals surface area contributed by atoms with Gasteiger partial charge in [0.25, 0.3) is 0 Å². The summed E-state index contributed by atoms with van der Waals surface area (Å²) < 4.78 is 5.46. The van der Waals surface area contributed by atoms with Gasteiger partial charge in [0.05, 0.1) is 0 Å². The lowest BCUT2D eigenvalue weighted by atomic mass is 9.99. The summed E-state index contributed by atoms with van der Waals surface area (Å²) in [5.41, 5.74) is 3.26. The van der Waals surface area contributed by atoms with Gasteiger partial charge in [-0.3, -0.25) is 4.79 Å². The van der Waals surface area contributed by atoms with Gasteiger partial charge < -0.3 is 4.74 Å². The molecule has 0 saturated heterocycles. The smallest absolute Gasteiger partial charge is 0.303 e. The Morgan fingerprint density at radius 1 is 1.00 bits per heavy atom. The van der Waals surface area contributed by atoms with E-state index in [4.69, 9.17) is 4.74 Å². The van der Waals surface area contributed by atoms with E-state index in [1.165, 1.54) is 12.5 Å². The normalized spacial score (nSPS) is 11.9. The molecule has 0 bridgehead atoms. The Labute approximate surface area is 114 Å². The van der Waals surface area contributed by atoms with E-state index < -0.39 is 0 Å². The summed E-state index contributed by atoms with van der Waals surface area (Å²) in [4.78, 5) is 11.3. The average Bonchev–Trinajstić information content (AvgIpc) is 2.46. The molecule has 2 aromatic rings. The maximum atomic E-state index is 11.3. The van der Waals surface area contributed by atoms with Crippen LogP contribution in [-0.4, -0.2) is 5.97 Å². The molecule has 0 radical (unpaired) electrons. The van der Waals surface area contributed by atoms with Crippen LogP contribution in [0.15, 0.2) is 54.6 Å². The van der Waals surface area contributed by atoms with Crippen molar-refractivity contribution in [2.45, 2.75) is 26.4 Å². The number of ether oxygens (including phenoxy) is 1. The zero-order valence-electron chi connectivity index (χ0n) is 11.3. The summed E-state index contributed by atoms with van der Waals surface area (Å²) in [7, 11) is 0. The highest BCUT2D eigenvalue weighted by Crippen LogP contribution is 2.26. The molecule has 0 fully saturated rings. The number of esters is 1. The quantitative estimate of drug-likeness (QED) is 0.773. The fourth-order valence-corrected chi connectivity index (χ4v) is 2.05. The number of benzene rings is 2. The van der Waals surface area contributed by atoms with Crippen molar-refractivity contribution < 1.29 is 9.53 Å². The van der Waals surface area contributed by atoms with Crippen LogP contribution in [0.2, 0.25) is 0 Å². The monoisotopic (exact) mass is 254 g/mol. The third-order valence-electron chi connectivity index (χ3n) is 3.08. The van der Waals surface area contributed by atoms with Gasteiger partial charge in [0.2, 0.25) is 0 Å². The number of rotatable bonds is 4. The van der Waals surface area contributed by atoms with Crippen molar-refractivity contribution in [2.24, 2.45) is 0 Å². The van der Waals surface area contributed by atoms with E-state index in [0.29, 0.717) is 0 Å². The first kappa shape index (κ1) is 13.3. The van der Waals surface area contributed by atoms with Crippen LogP contribution in [0.25, 0.3) is 0 Å². The Bertz CT molecular complexity index is 529. The molecule has 0 N–H and O–H groups in total. The van der Waals surface area contributed by atoms with Gasteiger partial charge in [-0.05, 0) is 23.1 Å². The molecule has 0 spiro atoms. The highest BCUT2D eigenvalue weighted by Gasteiger charge is 2.16. The zero-order valence-corrected chi connectivity index (χ0v) is 11.3. The Balaban J connectivity index is 2.34. The summed E-state index contributed by atoms with van der Waals surface area (Å²) in [5, 5.41) is 0. The fourth-order valence-electron chi connectivity index (χ4n) is 2.05. The van der Waals surface area contributed by atoms with Gasteiger partial charge in [-0.15, -0.1) is 0 Å². The van der Waals surface area contributed by atoms with Crippen molar-refractivity contribution in [2.75, 3.05) is 0 Å². The second kappa shape index (κ2) is 6.19. The summed E-state index contributed by atoms with van der Waals surface area (Å²) >= 11 is 0. The van der Waals surface area contributed by atoms with Gasteiger partial charge in [-0.2, -0.15) is 0 Å². The highest BCUT2D eigenvalue weighted by molar-refractivity contribution is 5.66. The molecule has 0 aliphatic rings. The number of hydrogen-bond donors (Lipinski definition) is 0. The third kappa shape index (κ3) is 3.44. The van der Waals surface area contributed by atoms with Crippen LogP contribution in [-0.2, 0) is 16.0 Å². The highest BCUT2D eigenvalue weighted by atomic mass is 16.5. The first-order chi connectivity index (χ1) is 9.20. The van der Waals surface area contributed by atoms with Crippen LogP contribution in [0, 0.1) is 0 Å². The van der Waals surface area contributed by atoms with Crippen LogP contribution in [0.5, 0.6) is 0 Å². The number of carbonyl (C=O) groups excluding carboxylic acids is 1. The van der Waals surface area contributed by atoms with E-state index in [-0.39, 0.29) is 12.1 Å². The van der Waals surface area contributed by atoms with E-state index in [0.717, 1.165) is 17.5 Å². The largest absolute Gasteiger partial charge is 0.453 e. The number of aryl methyl sites for hydroxylation is 1. The van der Waals surface area contributed by atoms with Crippen molar-refractivity contribution in [1.82, 2.24) is 0 Å². The Morgan fingerprint density at radius 2 is 1.58 bits per heavy atom. The van der Waals surface area contributed by atoms with Crippen molar-refractivity contribution in [3.63, 3.8) is 0 Å². The lowest BCUT2D eigenvalue weighted by Crippen LogP contribution is -2.10. The molecule has 2 rings (SSSR count). The third-order valence-corrected chi connectivity index (χ3v) is 3.08. The van der Waals surface area contributed by atoms with Gasteiger partial charge in [-0.25, -0.2) is 0 Å². The molecule has 0 heterocycles. The van der Waals surface area contributed by atoms with E-state index in [1.54, 1.807) is 0 Å². The Morgan fingerprint density at radius 3 is 2.11 bits per heavy atom. The summed E-state index contributed by atoms with van der Waals surface area (Å²) in [6.45, 7) is 3.56. The first-order valence-corrected chi connectivity index (χ1v) is 6.51. The van der Waals surface area contributed by atoms with Crippen molar-refractivity contribution >= 4 is 5.97 Å². The minimum Gasteiger partial charge on any atom is -0.453 e. The topological polar surface area (TPSA) is 26.3 Å². The molecule has 2 nitrogen and oxygen atoms in total. The van der Waals surface area contributed by atoms with Crippen molar-refractivity contribution in [3.05, 3.63) is 71.3 Å². The second-order valence-electron chi connectivity index (χ2n) is 4.50. The minimum atomic E-state index is -0.329. The van der Waals surface area contributed by atoms with Crippen LogP contribution in [0.4, 0.5) is 0 Å². The van der Waals surface area contributed by atoms with E-state index in [2.05, 4.69) is 19.1 Å². The Hall–Kier alpha value is -2.09. The van der Waals surface area contributed by atoms with Gasteiger partial charge in [0.15, 0.2) is 6.10 Å². The van der Waals surface area contributed by atoms with E-state index >= 15 is 0 Å². The molecule has 0 amide bonds. The molecule has 1 unspecified atom stereocenters. The lowest BCUT2D eigenvalue weighted by molar-refractivity contribution is -0.144. The van der Waals surface area contributed by atoms with Crippen LogP contribution in [0.3, 0.4) is 0 Å². The second-order valence-corrected chi connectivity index (χ2v) is 4.50. The van der Waals surface area contributed by atoms with Crippen LogP contribution >= 0.6 is 0 Å².